The van der Waals surface area contributed by atoms with E-state index >= 15 is 0 Å². The minimum absolute atomic E-state index is 0.620. The number of amides is 1. The first kappa shape index (κ1) is 30.4. The van der Waals surface area contributed by atoms with Crippen molar-refractivity contribution in [3.8, 4) is 0 Å². The van der Waals surface area contributed by atoms with Crippen LogP contribution < -0.4 is 5.32 Å². The fourth-order valence-corrected chi connectivity index (χ4v) is 4.46. The summed E-state index contributed by atoms with van der Waals surface area (Å²) in [5, 5.41) is 103. The average molecular weight is 545 g/mol. The Morgan fingerprint density at radius 3 is 1.62 bits per heavy atom. The monoisotopic (exact) mass is 545 g/mol. The van der Waals surface area contributed by atoms with Gasteiger partial charge in [0.15, 0.2) is 18.9 Å². The van der Waals surface area contributed by atoms with Crippen LogP contribution in [-0.2, 0) is 28.5 Å². The summed E-state index contributed by atoms with van der Waals surface area (Å²) in [4.78, 5) is 11.4. The largest absolute Gasteiger partial charge is 0.394 e. The average Bonchev–Trinajstić information content (AvgIpc) is 2.87. The fraction of sp³-hybridized carbons (Fsp3) is 0.950. The molecule has 3 heterocycles. The van der Waals surface area contributed by atoms with Gasteiger partial charge < -0.3 is 80.1 Å². The van der Waals surface area contributed by atoms with Gasteiger partial charge in [0.25, 0.3) is 0 Å². The lowest BCUT2D eigenvalue weighted by atomic mass is 9.95. The molecule has 17 heteroatoms. The Labute approximate surface area is 210 Å². The quantitative estimate of drug-likeness (QED) is 0.135. The molecule has 0 unspecified atom stereocenters. The number of aliphatic hydroxyl groups is 10. The molecule has 0 aromatic heterocycles. The van der Waals surface area contributed by atoms with Gasteiger partial charge in [-0.1, -0.05) is 0 Å². The number of rotatable bonds is 8. The van der Waals surface area contributed by atoms with Gasteiger partial charge >= 0.3 is 0 Å². The molecule has 3 aliphatic heterocycles. The molecule has 1 amide bonds. The van der Waals surface area contributed by atoms with Crippen LogP contribution in [0.3, 0.4) is 0 Å². The summed E-state index contributed by atoms with van der Waals surface area (Å²) in [5.74, 6) is -0.620. The zero-order valence-electron chi connectivity index (χ0n) is 19.7. The summed E-state index contributed by atoms with van der Waals surface area (Å²) >= 11 is 0. The van der Waals surface area contributed by atoms with E-state index in [2.05, 4.69) is 5.32 Å². The second-order valence-electron chi connectivity index (χ2n) is 9.07. The number of hydrogen-bond donors (Lipinski definition) is 11. The molecule has 0 bridgehead atoms. The first-order valence-electron chi connectivity index (χ1n) is 11.6. The number of nitrogens with one attached hydrogen (secondary N) is 1. The third-order valence-electron chi connectivity index (χ3n) is 6.49. The topological polar surface area (TPSA) is 278 Å². The summed E-state index contributed by atoms with van der Waals surface area (Å²) in [5.41, 5.74) is 0. The van der Waals surface area contributed by atoms with Crippen molar-refractivity contribution in [2.24, 2.45) is 0 Å². The van der Waals surface area contributed by atoms with Crippen molar-refractivity contribution in [3.63, 3.8) is 0 Å². The van der Waals surface area contributed by atoms with E-state index in [1.165, 1.54) is 0 Å². The van der Waals surface area contributed by atoms with Crippen LogP contribution in [0.5, 0.6) is 0 Å². The SMILES string of the molecule is CC(=O)N[C@@H]1[C@@H](O)[C@H](O[C@@H]2O[C@H](CO)[C@H](O[C@H]3O[C@H](CO)[C@H](O)[C@H](O)[C@H]3O)[C@H](O)[C@H]2O)[C@@H](CO)O[C@H]1O. The summed E-state index contributed by atoms with van der Waals surface area (Å²) in [7, 11) is 0. The van der Waals surface area contributed by atoms with Crippen LogP contribution in [-0.4, -0.2) is 169 Å². The molecular formula is C20H35NO16. The van der Waals surface area contributed by atoms with Crippen LogP contribution in [0.1, 0.15) is 6.92 Å². The maximum atomic E-state index is 11.4. The molecule has 0 radical (unpaired) electrons. The molecule has 17 nitrogen and oxygen atoms in total. The van der Waals surface area contributed by atoms with Gasteiger partial charge in [0.05, 0.1) is 19.8 Å². The Morgan fingerprint density at radius 1 is 0.649 bits per heavy atom. The lowest BCUT2D eigenvalue weighted by molar-refractivity contribution is -0.373. The van der Waals surface area contributed by atoms with Crippen molar-refractivity contribution in [2.45, 2.75) is 99.0 Å². The molecule has 0 aromatic carbocycles. The number of ether oxygens (including phenoxy) is 5. The predicted octanol–water partition coefficient (Wildman–Crippen LogP) is -7.43. The lowest BCUT2D eigenvalue weighted by Crippen LogP contribution is -2.68. The lowest BCUT2D eigenvalue weighted by Gasteiger charge is -2.48. The highest BCUT2D eigenvalue weighted by atomic mass is 16.7. The zero-order chi connectivity index (χ0) is 27.6. The Hall–Kier alpha value is -1.13. The second-order valence-corrected chi connectivity index (χ2v) is 9.07. The first-order valence-corrected chi connectivity index (χ1v) is 11.6. The Bertz CT molecular complexity index is 743. The van der Waals surface area contributed by atoms with E-state index in [1.807, 2.05) is 0 Å². The van der Waals surface area contributed by atoms with Gasteiger partial charge in [0, 0.05) is 6.92 Å². The highest BCUT2D eigenvalue weighted by molar-refractivity contribution is 5.73. The van der Waals surface area contributed by atoms with Crippen molar-refractivity contribution in [2.75, 3.05) is 19.8 Å². The van der Waals surface area contributed by atoms with Crippen LogP contribution in [0, 0.1) is 0 Å². The van der Waals surface area contributed by atoms with E-state index < -0.39 is 118 Å². The van der Waals surface area contributed by atoms with Crippen molar-refractivity contribution in [1.29, 1.82) is 0 Å². The summed E-state index contributed by atoms with van der Waals surface area (Å²) in [6.45, 7) is -1.21. The van der Waals surface area contributed by atoms with E-state index in [-0.39, 0.29) is 0 Å². The number of hydrogen-bond acceptors (Lipinski definition) is 16. The first-order chi connectivity index (χ1) is 17.4. The summed E-state index contributed by atoms with van der Waals surface area (Å²) < 4.78 is 26.9. The van der Waals surface area contributed by atoms with Gasteiger partial charge in [-0.2, -0.15) is 0 Å². The maximum absolute atomic E-state index is 11.4. The van der Waals surface area contributed by atoms with Crippen molar-refractivity contribution in [1.82, 2.24) is 5.32 Å². The molecule has 3 fully saturated rings. The second kappa shape index (κ2) is 12.8. The molecule has 11 N–H and O–H groups in total. The van der Waals surface area contributed by atoms with Crippen molar-refractivity contribution < 1.29 is 79.5 Å². The van der Waals surface area contributed by atoms with E-state index in [9.17, 15) is 55.9 Å². The Balaban J connectivity index is 1.74. The molecule has 15 atom stereocenters. The minimum atomic E-state index is -1.92. The molecule has 0 aliphatic carbocycles. The van der Waals surface area contributed by atoms with Crippen molar-refractivity contribution in [3.05, 3.63) is 0 Å². The highest BCUT2D eigenvalue weighted by Gasteiger charge is 2.53. The van der Waals surface area contributed by atoms with Gasteiger partial charge in [0.1, 0.15) is 73.2 Å². The summed E-state index contributed by atoms with van der Waals surface area (Å²) in [6.07, 6.45) is -23.2. The highest BCUT2D eigenvalue weighted by Crippen LogP contribution is 2.32. The molecule has 216 valence electrons. The molecule has 3 rings (SSSR count). The van der Waals surface area contributed by atoms with Crippen molar-refractivity contribution >= 4 is 5.91 Å². The minimum Gasteiger partial charge on any atom is -0.394 e. The molecule has 37 heavy (non-hydrogen) atoms. The number of carbonyl (C=O) groups excluding carboxylic acids is 1. The predicted molar refractivity (Wildman–Crippen MR) is 113 cm³/mol. The smallest absolute Gasteiger partial charge is 0.217 e. The standard InChI is InChI=1S/C20H35NO16/c1-5(25)21-9-11(27)16(7(3-23)33-18(9)32)36-20-15(31)13(29)17(8(4-24)35-20)37-19-14(30)12(28)10(26)6(2-22)34-19/h6-20,22-24,26-32H,2-4H2,1H3,(H,21,25)/t6-,7-,8-,9-,10+,11-,12+,13-,14-,15-,16-,17+,18-,19-,20+/m1/s1. The molecule has 0 aromatic rings. The molecular weight excluding hydrogens is 510 g/mol. The van der Waals surface area contributed by atoms with Gasteiger partial charge in [-0.25, -0.2) is 0 Å². The van der Waals surface area contributed by atoms with E-state index in [0.717, 1.165) is 6.92 Å². The van der Waals surface area contributed by atoms with Gasteiger partial charge in [-0.05, 0) is 0 Å². The van der Waals surface area contributed by atoms with Gasteiger partial charge in [-0.15, -0.1) is 0 Å². The molecule has 3 aliphatic rings. The van der Waals surface area contributed by atoms with E-state index in [4.69, 9.17) is 23.7 Å². The fourth-order valence-electron chi connectivity index (χ4n) is 4.46. The normalized spacial score (nSPS) is 49.0. The van der Waals surface area contributed by atoms with Gasteiger partial charge in [-0.3, -0.25) is 4.79 Å². The molecule has 3 saturated heterocycles. The van der Waals surface area contributed by atoms with E-state index in [0.29, 0.717) is 0 Å². The Morgan fingerprint density at radius 2 is 1.11 bits per heavy atom. The van der Waals surface area contributed by atoms with E-state index in [1.54, 1.807) is 0 Å². The zero-order valence-corrected chi connectivity index (χ0v) is 19.7. The van der Waals surface area contributed by atoms with Crippen LogP contribution in [0.4, 0.5) is 0 Å². The Kier molecular flexibility index (Phi) is 10.5. The number of carbonyl (C=O) groups is 1. The third-order valence-corrected chi connectivity index (χ3v) is 6.49. The third kappa shape index (κ3) is 6.38. The van der Waals surface area contributed by atoms with Crippen LogP contribution in [0.2, 0.25) is 0 Å². The van der Waals surface area contributed by atoms with Gasteiger partial charge in [0.2, 0.25) is 5.91 Å². The maximum Gasteiger partial charge on any atom is 0.217 e. The van der Waals surface area contributed by atoms with Crippen LogP contribution >= 0.6 is 0 Å². The molecule has 0 spiro atoms. The van der Waals surface area contributed by atoms with Crippen LogP contribution in [0.25, 0.3) is 0 Å². The summed E-state index contributed by atoms with van der Waals surface area (Å²) in [6, 6.07) is -1.38. The van der Waals surface area contributed by atoms with Crippen LogP contribution in [0.15, 0.2) is 0 Å². The molecule has 0 saturated carbocycles. The number of aliphatic hydroxyl groups excluding tert-OH is 10.